The minimum atomic E-state index is -0.578. The van der Waals surface area contributed by atoms with Crippen LogP contribution in [0.25, 0.3) is 16.8 Å². The lowest BCUT2D eigenvalue weighted by molar-refractivity contribution is -0.113. The number of para-hydroxylation sites is 2. The number of thiophene rings is 1. The van der Waals surface area contributed by atoms with Crippen molar-refractivity contribution in [2.24, 2.45) is 0 Å². The summed E-state index contributed by atoms with van der Waals surface area (Å²) in [6.07, 6.45) is 0. The molecule has 0 aliphatic rings. The molecule has 1 aromatic carbocycles. The molecule has 0 atom stereocenters. The monoisotopic (exact) mass is 486 g/mol. The molecule has 0 fully saturated rings. The zero-order valence-electron chi connectivity index (χ0n) is 18.5. The van der Waals surface area contributed by atoms with Crippen LogP contribution in [0.15, 0.2) is 29.4 Å². The highest BCUT2D eigenvalue weighted by atomic mass is 32.2. The second-order valence-corrected chi connectivity index (χ2v) is 9.25. The third-order valence-corrected chi connectivity index (χ3v) is 6.95. The number of fused-ring (bicyclic) bond motifs is 3. The molecule has 10 nitrogen and oxygen atoms in total. The molecule has 2 N–H and O–H groups in total. The highest BCUT2D eigenvalue weighted by molar-refractivity contribution is 7.99. The van der Waals surface area contributed by atoms with Crippen LogP contribution in [-0.2, 0) is 9.53 Å². The van der Waals surface area contributed by atoms with Gasteiger partial charge in [0, 0.05) is 14.1 Å². The van der Waals surface area contributed by atoms with Crippen LogP contribution in [0.5, 0.6) is 0 Å². The van der Waals surface area contributed by atoms with Gasteiger partial charge in [-0.15, -0.1) is 16.4 Å². The summed E-state index contributed by atoms with van der Waals surface area (Å²) < 4.78 is 6.99. The Morgan fingerprint density at radius 1 is 1.27 bits per heavy atom. The smallest absolute Gasteiger partial charge is 0.341 e. The first kappa shape index (κ1) is 22.8. The van der Waals surface area contributed by atoms with Gasteiger partial charge in [-0.3, -0.25) is 14.0 Å². The van der Waals surface area contributed by atoms with Crippen molar-refractivity contribution >= 4 is 62.7 Å². The number of nitrogens with one attached hydrogen (secondary N) is 2. The number of ether oxygens (including phenoxy) is 1. The fraction of sp³-hybridized carbons (Fsp3) is 0.286. The summed E-state index contributed by atoms with van der Waals surface area (Å²) in [7, 11) is 3.26. The van der Waals surface area contributed by atoms with Gasteiger partial charge in [-0.1, -0.05) is 23.9 Å². The van der Waals surface area contributed by atoms with E-state index in [0.29, 0.717) is 26.4 Å². The van der Waals surface area contributed by atoms with E-state index in [4.69, 9.17) is 4.74 Å². The van der Waals surface area contributed by atoms with Gasteiger partial charge in [-0.2, -0.15) is 0 Å². The van der Waals surface area contributed by atoms with Gasteiger partial charge in [0.1, 0.15) is 5.00 Å². The largest absolute Gasteiger partial charge is 0.462 e. The summed E-state index contributed by atoms with van der Waals surface area (Å²) >= 11 is 2.30. The maximum absolute atomic E-state index is 12.8. The fourth-order valence-corrected chi connectivity index (χ4v) is 5.28. The minimum absolute atomic E-state index is 0.0443. The molecule has 0 radical (unpaired) electrons. The summed E-state index contributed by atoms with van der Waals surface area (Å²) in [5.41, 5.74) is 2.39. The predicted octanol–water partition coefficient (Wildman–Crippen LogP) is 3.19. The maximum atomic E-state index is 12.8. The van der Waals surface area contributed by atoms with E-state index in [1.807, 2.05) is 28.7 Å². The number of nitrogens with zero attached hydrogens (tertiary/aromatic N) is 4. The van der Waals surface area contributed by atoms with Crippen molar-refractivity contribution < 1.29 is 19.1 Å². The zero-order valence-corrected chi connectivity index (χ0v) is 20.1. The van der Waals surface area contributed by atoms with Crippen LogP contribution in [-0.4, -0.2) is 68.7 Å². The Morgan fingerprint density at radius 3 is 2.76 bits per heavy atom. The maximum Gasteiger partial charge on any atom is 0.341 e. The van der Waals surface area contributed by atoms with E-state index in [1.54, 1.807) is 27.9 Å². The number of benzene rings is 1. The Bertz CT molecular complexity index is 1370. The van der Waals surface area contributed by atoms with E-state index in [0.717, 1.165) is 22.4 Å². The molecule has 0 saturated heterocycles. The number of carbonyl (C=O) groups excluding carboxylic acids is 3. The summed E-state index contributed by atoms with van der Waals surface area (Å²) in [6, 6.07) is 7.65. The van der Waals surface area contributed by atoms with Crippen molar-refractivity contribution in [3.8, 4) is 0 Å². The van der Waals surface area contributed by atoms with Gasteiger partial charge in [-0.25, -0.2) is 14.9 Å². The van der Waals surface area contributed by atoms with Crippen LogP contribution in [0.2, 0.25) is 0 Å². The second kappa shape index (κ2) is 9.24. The molecule has 3 aromatic heterocycles. The quantitative estimate of drug-likeness (QED) is 0.304. The number of anilines is 1. The van der Waals surface area contributed by atoms with E-state index >= 15 is 0 Å². The molecule has 3 heterocycles. The average molecular weight is 487 g/mol. The van der Waals surface area contributed by atoms with Gasteiger partial charge in [0.25, 0.3) is 5.91 Å². The first-order valence-electron chi connectivity index (χ1n) is 10.1. The number of H-pyrrole nitrogens is 1. The van der Waals surface area contributed by atoms with Crippen LogP contribution < -0.4 is 5.32 Å². The standard InChI is InChI=1S/C21H22N6O4S2/c1-5-31-19(30)15-11(2)16(18(29)26(3)4)33-17(15)23-14(28)10-32-21-25-24-20-22-12-8-6-7-9-13(12)27(20)21/h6-9H,5,10H2,1-4H3,(H,22,24)(H,23,28). The van der Waals surface area contributed by atoms with Crippen molar-refractivity contribution in [1.82, 2.24) is 24.5 Å². The molecule has 172 valence electrons. The van der Waals surface area contributed by atoms with Gasteiger partial charge in [0.2, 0.25) is 11.7 Å². The SMILES string of the molecule is CCOC(=O)c1c(NC(=O)CSc2n[nH]c3nc4ccccc4n23)sc(C(=O)N(C)C)c1C. The molecule has 33 heavy (non-hydrogen) atoms. The van der Waals surface area contributed by atoms with E-state index in [9.17, 15) is 14.4 Å². The molecular weight excluding hydrogens is 464 g/mol. The third-order valence-electron chi connectivity index (χ3n) is 4.82. The lowest BCUT2D eigenvalue weighted by Crippen LogP contribution is -2.21. The van der Waals surface area contributed by atoms with Crippen molar-refractivity contribution in [3.63, 3.8) is 0 Å². The Hall–Kier alpha value is -3.38. The van der Waals surface area contributed by atoms with Crippen molar-refractivity contribution in [1.29, 1.82) is 0 Å². The molecule has 0 spiro atoms. The zero-order chi connectivity index (χ0) is 23.7. The van der Waals surface area contributed by atoms with Crippen LogP contribution in [0, 0.1) is 6.92 Å². The lowest BCUT2D eigenvalue weighted by atomic mass is 10.1. The molecule has 0 aliphatic heterocycles. The fourth-order valence-electron chi connectivity index (χ4n) is 3.29. The first-order valence-corrected chi connectivity index (χ1v) is 11.9. The summed E-state index contributed by atoms with van der Waals surface area (Å²) in [5, 5.41) is 10.8. The number of hydrogen-bond donors (Lipinski definition) is 2. The number of thioether (sulfide) groups is 1. The highest BCUT2D eigenvalue weighted by Gasteiger charge is 2.27. The van der Waals surface area contributed by atoms with Crippen LogP contribution in [0.4, 0.5) is 5.00 Å². The van der Waals surface area contributed by atoms with Crippen molar-refractivity contribution in [2.75, 3.05) is 31.8 Å². The molecular formula is C21H22N6O4S2. The van der Waals surface area contributed by atoms with Crippen LogP contribution in [0.1, 0.15) is 32.5 Å². The van der Waals surface area contributed by atoms with Gasteiger partial charge in [-0.05, 0) is 31.5 Å². The van der Waals surface area contributed by atoms with E-state index in [-0.39, 0.29) is 29.7 Å². The third kappa shape index (κ3) is 4.31. The number of carbonyl (C=O) groups is 3. The van der Waals surface area contributed by atoms with Gasteiger partial charge < -0.3 is 15.0 Å². The summed E-state index contributed by atoms with van der Waals surface area (Å²) in [5.74, 6) is -0.529. The van der Waals surface area contributed by atoms with E-state index < -0.39 is 5.97 Å². The van der Waals surface area contributed by atoms with E-state index in [2.05, 4.69) is 20.5 Å². The lowest BCUT2D eigenvalue weighted by Gasteiger charge is -2.09. The van der Waals surface area contributed by atoms with E-state index in [1.165, 1.54) is 16.7 Å². The highest BCUT2D eigenvalue weighted by Crippen LogP contribution is 2.34. The van der Waals surface area contributed by atoms with Gasteiger partial charge in [0.15, 0.2) is 5.16 Å². The predicted molar refractivity (Wildman–Crippen MR) is 127 cm³/mol. The number of imidazole rings is 1. The molecule has 2 amide bonds. The summed E-state index contributed by atoms with van der Waals surface area (Å²) in [6.45, 7) is 3.56. The number of hydrogen-bond acceptors (Lipinski definition) is 8. The molecule has 4 rings (SSSR count). The average Bonchev–Trinajstić information content (AvgIpc) is 3.43. The van der Waals surface area contributed by atoms with Gasteiger partial charge >= 0.3 is 5.97 Å². The Labute approximate surface area is 197 Å². The summed E-state index contributed by atoms with van der Waals surface area (Å²) in [4.78, 5) is 44.1. The number of esters is 1. The number of aromatic amines is 1. The molecule has 0 unspecified atom stereocenters. The number of aromatic nitrogens is 4. The molecule has 0 saturated carbocycles. The molecule has 0 bridgehead atoms. The Kier molecular flexibility index (Phi) is 6.38. The van der Waals surface area contributed by atoms with Crippen molar-refractivity contribution in [2.45, 2.75) is 19.0 Å². The normalized spacial score (nSPS) is 11.2. The number of rotatable bonds is 7. The molecule has 12 heteroatoms. The topological polar surface area (TPSA) is 122 Å². The van der Waals surface area contributed by atoms with Crippen LogP contribution in [0.3, 0.4) is 0 Å². The minimum Gasteiger partial charge on any atom is -0.462 e. The Balaban J connectivity index is 1.56. The first-order chi connectivity index (χ1) is 15.8. The van der Waals surface area contributed by atoms with Crippen molar-refractivity contribution in [3.05, 3.63) is 40.3 Å². The molecule has 4 aromatic rings. The number of amides is 2. The van der Waals surface area contributed by atoms with Gasteiger partial charge in [0.05, 0.1) is 33.8 Å². The van der Waals surface area contributed by atoms with Crippen LogP contribution >= 0.6 is 23.1 Å². The Morgan fingerprint density at radius 2 is 2.03 bits per heavy atom. The second-order valence-electron chi connectivity index (χ2n) is 7.28. The molecule has 0 aliphatic carbocycles.